The lowest BCUT2D eigenvalue weighted by Gasteiger charge is -2.42. The van der Waals surface area contributed by atoms with Crippen LogP contribution in [0.4, 0.5) is 23.8 Å². The summed E-state index contributed by atoms with van der Waals surface area (Å²) in [4.78, 5) is 31.7. The number of aromatic nitrogens is 5. The van der Waals surface area contributed by atoms with Crippen LogP contribution in [0, 0.1) is 6.92 Å². The van der Waals surface area contributed by atoms with Crippen LogP contribution >= 0.6 is 11.3 Å². The Morgan fingerprint density at radius 3 is 2.47 bits per heavy atom. The molecule has 1 amide bonds. The molecule has 3 aliphatic heterocycles. The minimum atomic E-state index is -4.68. The maximum atomic E-state index is 15.0. The summed E-state index contributed by atoms with van der Waals surface area (Å²) in [5, 5.41) is 6.32. The lowest BCUT2D eigenvalue weighted by Crippen LogP contribution is -2.57. The number of pyridine rings is 1. The number of anilines is 1. The Bertz CT molecular complexity index is 2210. The van der Waals surface area contributed by atoms with Crippen molar-refractivity contribution in [1.29, 1.82) is 0 Å². The number of ether oxygens (including phenoxy) is 2. The Morgan fingerprint density at radius 1 is 1.08 bits per heavy atom. The van der Waals surface area contributed by atoms with Crippen molar-refractivity contribution in [2.24, 2.45) is 0 Å². The SMILES string of the molecule is Cc1cc2c(cnn2C2CCCCO2)c(-c2nccc3c2sc2nc(S(C)=O)nc(N4C[C@H]5CC[C@@H](C4)N5C(=O)OC(C)(C)C)c23)c1C(F)(F)F. The van der Waals surface area contributed by atoms with E-state index in [0.717, 1.165) is 25.7 Å². The lowest BCUT2D eigenvalue weighted by atomic mass is 9.94. The zero-order valence-corrected chi connectivity index (χ0v) is 30.5. The fourth-order valence-corrected chi connectivity index (χ4v) is 9.52. The van der Waals surface area contributed by atoms with Crippen LogP contribution in [0.3, 0.4) is 0 Å². The van der Waals surface area contributed by atoms with E-state index in [2.05, 4.69) is 20.0 Å². The van der Waals surface area contributed by atoms with Gasteiger partial charge in [-0.05, 0) is 77.5 Å². The minimum Gasteiger partial charge on any atom is -0.444 e. The number of carbonyl (C=O) groups excluding carboxylic acids is 1. The van der Waals surface area contributed by atoms with E-state index >= 15 is 13.2 Å². The van der Waals surface area contributed by atoms with E-state index in [1.54, 1.807) is 10.7 Å². The van der Waals surface area contributed by atoms with Gasteiger partial charge < -0.3 is 14.4 Å². The molecular formula is C35H38F3N7O4S2. The van der Waals surface area contributed by atoms with Crippen LogP contribution in [0.15, 0.2) is 29.7 Å². The van der Waals surface area contributed by atoms with Crippen LogP contribution in [0.1, 0.15) is 70.2 Å². The highest BCUT2D eigenvalue weighted by Crippen LogP contribution is 2.49. The van der Waals surface area contributed by atoms with Crippen LogP contribution in [0.2, 0.25) is 0 Å². The molecule has 4 aromatic heterocycles. The van der Waals surface area contributed by atoms with E-state index in [0.29, 0.717) is 63.1 Å². The van der Waals surface area contributed by atoms with E-state index in [4.69, 9.17) is 14.5 Å². The van der Waals surface area contributed by atoms with Gasteiger partial charge in [0.15, 0.2) is 6.23 Å². The number of carbonyl (C=O) groups is 1. The highest BCUT2D eigenvalue weighted by molar-refractivity contribution is 7.84. The van der Waals surface area contributed by atoms with Gasteiger partial charge in [-0.3, -0.25) is 14.1 Å². The molecule has 2 unspecified atom stereocenters. The fraction of sp³-hybridized carbons (Fsp3) is 0.514. The second kappa shape index (κ2) is 12.4. The molecule has 0 saturated carbocycles. The van der Waals surface area contributed by atoms with Gasteiger partial charge in [-0.2, -0.15) is 18.3 Å². The molecule has 8 rings (SSSR count). The Morgan fingerprint density at radius 2 is 1.82 bits per heavy atom. The Hall–Kier alpha value is -3.89. The Labute approximate surface area is 298 Å². The lowest BCUT2D eigenvalue weighted by molar-refractivity contribution is -0.137. The first-order chi connectivity index (χ1) is 24.2. The summed E-state index contributed by atoms with van der Waals surface area (Å²) in [5.74, 6) is 0.544. The normalized spacial score (nSPS) is 22.0. The van der Waals surface area contributed by atoms with Gasteiger partial charge in [0, 0.05) is 48.5 Å². The van der Waals surface area contributed by atoms with E-state index in [9.17, 15) is 9.00 Å². The zero-order valence-electron chi connectivity index (χ0n) is 28.9. The standard InChI is InChI=1S/C35H38F3N7O4S2/c1-18-14-23-22(15-40-45(23)24-8-6-7-13-48-24)25(27(18)35(36,37)38)28-29-21(11-12-39-28)26-30(41-32(51(5)47)42-31(26)50-29)43-16-19-9-10-20(17-43)44(19)33(46)49-34(2,3)4/h11-12,14-15,19-20,24H,6-10,13,16-17H2,1-5H3/t19-,20+,24?,51?. The van der Waals surface area contributed by atoms with Crippen molar-refractivity contribution in [2.45, 2.75) is 95.0 Å². The van der Waals surface area contributed by atoms with Gasteiger partial charge in [-0.1, -0.05) is 0 Å². The average Bonchev–Trinajstić information content (AvgIpc) is 3.74. The summed E-state index contributed by atoms with van der Waals surface area (Å²) in [6.45, 7) is 8.48. The quantitative estimate of drug-likeness (QED) is 0.172. The molecule has 0 spiro atoms. The number of halogens is 3. The third-order valence-corrected chi connectivity index (χ3v) is 11.7. The number of alkyl halides is 3. The summed E-state index contributed by atoms with van der Waals surface area (Å²) in [6.07, 6.45) is 3.27. The molecule has 0 aliphatic carbocycles. The number of hydrogen-bond donors (Lipinski definition) is 0. The second-order valence-corrected chi connectivity index (χ2v) is 16.8. The number of amides is 1. The molecule has 1 aromatic carbocycles. The highest BCUT2D eigenvalue weighted by Gasteiger charge is 2.45. The Balaban J connectivity index is 1.30. The largest absolute Gasteiger partial charge is 0.444 e. The fourth-order valence-electron chi connectivity index (χ4n) is 7.86. The zero-order chi connectivity index (χ0) is 36.0. The Kier molecular flexibility index (Phi) is 8.29. The van der Waals surface area contributed by atoms with E-state index in [-0.39, 0.29) is 46.4 Å². The topological polar surface area (TPSA) is 116 Å². The van der Waals surface area contributed by atoms with Crippen LogP contribution in [0.25, 0.3) is 42.5 Å². The number of nitrogens with zero attached hydrogens (tertiary/aromatic N) is 7. The molecule has 5 aromatic rings. The van der Waals surface area contributed by atoms with Crippen LogP contribution in [-0.2, 0) is 26.4 Å². The van der Waals surface area contributed by atoms with E-state index < -0.39 is 28.1 Å². The van der Waals surface area contributed by atoms with Gasteiger partial charge in [-0.15, -0.1) is 11.3 Å². The number of piperazine rings is 1. The van der Waals surface area contributed by atoms with Crippen molar-refractivity contribution >= 4 is 65.3 Å². The number of aryl methyl sites for hydroxylation is 1. The molecule has 3 saturated heterocycles. The molecular weight excluding hydrogens is 704 g/mol. The number of hydrogen-bond acceptors (Lipinski definition) is 10. The van der Waals surface area contributed by atoms with Crippen LogP contribution < -0.4 is 4.90 Å². The molecule has 0 N–H and O–H groups in total. The molecule has 51 heavy (non-hydrogen) atoms. The third-order valence-electron chi connectivity index (χ3n) is 9.90. The highest BCUT2D eigenvalue weighted by atomic mass is 32.2. The van der Waals surface area contributed by atoms with Gasteiger partial charge in [-0.25, -0.2) is 19.4 Å². The second-order valence-electron chi connectivity index (χ2n) is 14.6. The summed E-state index contributed by atoms with van der Waals surface area (Å²) in [7, 11) is -1.54. The molecule has 2 bridgehead atoms. The van der Waals surface area contributed by atoms with Crippen molar-refractivity contribution in [1.82, 2.24) is 29.6 Å². The van der Waals surface area contributed by atoms with Crippen LogP contribution in [-0.4, -0.2) is 83.6 Å². The first kappa shape index (κ1) is 34.2. The molecule has 0 radical (unpaired) electrons. The number of thiophene rings is 1. The number of fused-ring (bicyclic) bond motifs is 6. The summed E-state index contributed by atoms with van der Waals surface area (Å²) in [6, 6.07) is 3.06. The molecule has 3 fully saturated rings. The predicted molar refractivity (Wildman–Crippen MR) is 189 cm³/mol. The van der Waals surface area contributed by atoms with Crippen molar-refractivity contribution in [2.75, 3.05) is 30.9 Å². The predicted octanol–water partition coefficient (Wildman–Crippen LogP) is 7.61. The first-order valence-corrected chi connectivity index (χ1v) is 19.5. The molecule has 11 nitrogen and oxygen atoms in total. The van der Waals surface area contributed by atoms with E-state index in [1.165, 1.54) is 43.0 Å². The number of benzene rings is 1. The molecule has 270 valence electrons. The van der Waals surface area contributed by atoms with Crippen molar-refractivity contribution in [3.8, 4) is 11.3 Å². The minimum absolute atomic E-state index is 0.0467. The smallest absolute Gasteiger partial charge is 0.417 e. The summed E-state index contributed by atoms with van der Waals surface area (Å²) < 4.78 is 71.8. The van der Waals surface area contributed by atoms with Gasteiger partial charge in [0.25, 0.3) is 0 Å². The van der Waals surface area contributed by atoms with Crippen molar-refractivity contribution in [3.63, 3.8) is 0 Å². The summed E-state index contributed by atoms with van der Waals surface area (Å²) >= 11 is 1.21. The molecule has 4 atom stereocenters. The van der Waals surface area contributed by atoms with Gasteiger partial charge in [0.2, 0.25) is 5.16 Å². The van der Waals surface area contributed by atoms with Crippen molar-refractivity contribution in [3.05, 3.63) is 35.7 Å². The molecule has 7 heterocycles. The van der Waals surface area contributed by atoms with E-state index in [1.807, 2.05) is 25.7 Å². The van der Waals surface area contributed by atoms with Crippen LogP contribution in [0.5, 0.6) is 0 Å². The third kappa shape index (κ3) is 5.92. The van der Waals surface area contributed by atoms with Crippen molar-refractivity contribution < 1.29 is 31.6 Å². The first-order valence-electron chi connectivity index (χ1n) is 17.1. The van der Waals surface area contributed by atoms with Gasteiger partial charge in [0.05, 0.1) is 55.9 Å². The number of rotatable bonds is 4. The van der Waals surface area contributed by atoms with Gasteiger partial charge >= 0.3 is 12.3 Å². The maximum absolute atomic E-state index is 15.0. The average molecular weight is 742 g/mol. The molecule has 3 aliphatic rings. The van der Waals surface area contributed by atoms with Gasteiger partial charge in [0.1, 0.15) is 16.2 Å². The molecule has 16 heteroatoms. The summed E-state index contributed by atoms with van der Waals surface area (Å²) in [5.41, 5.74) is -0.677. The maximum Gasteiger partial charge on any atom is 0.417 e. The monoisotopic (exact) mass is 741 g/mol.